The second-order valence-corrected chi connectivity index (χ2v) is 10.8. The normalized spacial score (nSPS) is 10.9. The largest absolute Gasteiger partial charge is 0.485 e. The highest BCUT2D eigenvalue weighted by Gasteiger charge is 2.20. The molecular formula is C31H31Cl4N5O5. The van der Waals surface area contributed by atoms with Crippen molar-refractivity contribution in [1.82, 2.24) is 14.7 Å². The summed E-state index contributed by atoms with van der Waals surface area (Å²) in [6, 6.07) is 13.8. The van der Waals surface area contributed by atoms with Gasteiger partial charge in [0.2, 0.25) is 17.7 Å². The molecule has 4 rings (SSSR count). The number of pyridine rings is 1. The van der Waals surface area contributed by atoms with Gasteiger partial charge in [0.25, 0.3) is 0 Å². The summed E-state index contributed by atoms with van der Waals surface area (Å²) in [5, 5.41) is 6.43. The fourth-order valence-corrected chi connectivity index (χ4v) is 4.89. The summed E-state index contributed by atoms with van der Waals surface area (Å²) in [6.45, 7) is 1.89. The van der Waals surface area contributed by atoms with Crippen molar-refractivity contribution >= 4 is 88.0 Å². The third-order valence-electron chi connectivity index (χ3n) is 6.56. The Balaban J connectivity index is 0.00000552. The molecular weight excluding hydrogens is 664 g/mol. The summed E-state index contributed by atoms with van der Waals surface area (Å²) in [6.07, 6.45) is 4.96. The van der Waals surface area contributed by atoms with Crippen LogP contribution in [0.1, 0.15) is 23.2 Å². The molecule has 10 nitrogen and oxygen atoms in total. The first-order chi connectivity index (χ1) is 21.1. The van der Waals surface area contributed by atoms with E-state index in [1.54, 1.807) is 79.2 Å². The number of aromatic nitrogens is 2. The van der Waals surface area contributed by atoms with Crippen molar-refractivity contribution in [1.29, 1.82) is 0 Å². The monoisotopic (exact) mass is 693 g/mol. The van der Waals surface area contributed by atoms with Gasteiger partial charge >= 0.3 is 0 Å². The lowest BCUT2D eigenvalue weighted by Crippen LogP contribution is -2.37. The van der Waals surface area contributed by atoms with Gasteiger partial charge in [-0.25, -0.2) is 4.98 Å². The Morgan fingerprint density at radius 3 is 2.51 bits per heavy atom. The molecule has 0 saturated heterocycles. The van der Waals surface area contributed by atoms with Gasteiger partial charge in [0, 0.05) is 42.7 Å². The third-order valence-corrected chi connectivity index (χ3v) is 7.79. The predicted octanol–water partition coefficient (Wildman–Crippen LogP) is 6.37. The number of likely N-dealkylation sites (N-methyl/N-ethyl adjacent to an activating group) is 1. The Kier molecular flexibility index (Phi) is 13.1. The molecule has 0 bridgehead atoms. The fraction of sp³-hybridized carbons (Fsp3) is 0.226. The van der Waals surface area contributed by atoms with Crippen molar-refractivity contribution in [3.8, 4) is 5.75 Å². The average molecular weight is 695 g/mol. The van der Waals surface area contributed by atoms with Crippen LogP contribution in [0.15, 0.2) is 60.8 Å². The number of methoxy groups -OCH3 is 1. The Labute approximate surface area is 281 Å². The number of imidazole rings is 1. The standard InChI is InChI=1S/C31H30Cl3N5O5.ClH/c1-19-30(34)39-15-4-5-25(31(39)36-19)44-18-22-23(32)11-12-24(29(22)33)38(2)28(42)17-35-26(40)13-8-20-6-9-21(10-7-20)37-27(41)14-16-43-3;/h4-13,15H,14,16-18H2,1-3H3,(H,35,40)(H,37,41);1H. The number of fused-ring (bicyclic) bond motifs is 1. The smallest absolute Gasteiger partial charge is 0.246 e. The molecule has 0 unspecified atom stereocenters. The van der Waals surface area contributed by atoms with Gasteiger partial charge < -0.3 is 25.0 Å². The van der Waals surface area contributed by atoms with E-state index in [0.29, 0.717) is 50.8 Å². The van der Waals surface area contributed by atoms with Gasteiger partial charge in [0.05, 0.1) is 36.0 Å². The quantitative estimate of drug-likeness (QED) is 0.167. The highest BCUT2D eigenvalue weighted by Crippen LogP contribution is 2.35. The lowest BCUT2D eigenvalue weighted by molar-refractivity contribution is -0.122. The number of nitrogens with one attached hydrogen (secondary N) is 2. The average Bonchev–Trinajstić information content (AvgIpc) is 3.31. The lowest BCUT2D eigenvalue weighted by atomic mass is 10.2. The highest BCUT2D eigenvalue weighted by atomic mass is 35.5. The molecule has 2 N–H and O–H groups in total. The second kappa shape index (κ2) is 16.5. The minimum absolute atomic E-state index is 0. The minimum Gasteiger partial charge on any atom is -0.485 e. The Morgan fingerprint density at radius 2 is 1.80 bits per heavy atom. The van der Waals surface area contributed by atoms with Crippen LogP contribution in [0.3, 0.4) is 0 Å². The van der Waals surface area contributed by atoms with Crippen molar-refractivity contribution in [3.05, 3.63) is 92.8 Å². The fourth-order valence-electron chi connectivity index (χ4n) is 4.11. The van der Waals surface area contributed by atoms with Crippen molar-refractivity contribution in [2.75, 3.05) is 37.5 Å². The number of nitrogens with zero attached hydrogens (tertiary/aromatic N) is 3. The summed E-state index contributed by atoms with van der Waals surface area (Å²) < 4.78 is 12.6. The van der Waals surface area contributed by atoms with Gasteiger partial charge in [-0.1, -0.05) is 46.9 Å². The third kappa shape index (κ3) is 9.12. The molecule has 2 aromatic carbocycles. The lowest BCUT2D eigenvalue weighted by Gasteiger charge is -2.21. The van der Waals surface area contributed by atoms with Gasteiger partial charge in [-0.2, -0.15) is 0 Å². The first-order valence-electron chi connectivity index (χ1n) is 13.4. The molecule has 2 aromatic heterocycles. The molecule has 2 heterocycles. The van der Waals surface area contributed by atoms with Gasteiger partial charge in [-0.05, 0) is 55.0 Å². The topological polar surface area (TPSA) is 114 Å². The van der Waals surface area contributed by atoms with Crippen molar-refractivity contribution in [3.63, 3.8) is 0 Å². The summed E-state index contributed by atoms with van der Waals surface area (Å²) in [5.74, 6) is -0.522. The van der Waals surface area contributed by atoms with Gasteiger partial charge in [-0.15, -0.1) is 12.4 Å². The van der Waals surface area contributed by atoms with Crippen LogP contribution in [0.4, 0.5) is 11.4 Å². The van der Waals surface area contributed by atoms with E-state index in [1.165, 1.54) is 18.1 Å². The maximum absolute atomic E-state index is 12.9. The molecule has 14 heteroatoms. The number of hydrogen-bond donors (Lipinski definition) is 2. The molecule has 238 valence electrons. The number of benzene rings is 2. The minimum atomic E-state index is -0.455. The number of hydrogen-bond acceptors (Lipinski definition) is 6. The van der Waals surface area contributed by atoms with E-state index in [9.17, 15) is 14.4 Å². The van der Waals surface area contributed by atoms with E-state index in [2.05, 4.69) is 15.6 Å². The summed E-state index contributed by atoms with van der Waals surface area (Å²) in [7, 11) is 3.08. The molecule has 0 fully saturated rings. The summed E-state index contributed by atoms with van der Waals surface area (Å²) in [4.78, 5) is 42.9. The van der Waals surface area contributed by atoms with Crippen LogP contribution in [0.25, 0.3) is 11.7 Å². The number of halogens is 4. The molecule has 0 aliphatic rings. The second-order valence-electron chi connectivity index (χ2n) is 9.62. The molecule has 0 saturated carbocycles. The van der Waals surface area contributed by atoms with E-state index in [4.69, 9.17) is 44.3 Å². The van der Waals surface area contributed by atoms with Crippen LogP contribution >= 0.6 is 47.2 Å². The maximum Gasteiger partial charge on any atom is 0.246 e. The zero-order valence-corrected chi connectivity index (χ0v) is 27.7. The van der Waals surface area contributed by atoms with Crippen LogP contribution in [0, 0.1) is 6.92 Å². The van der Waals surface area contributed by atoms with Crippen LogP contribution in [-0.4, -0.2) is 54.4 Å². The number of aryl methyl sites for hydroxylation is 1. The van der Waals surface area contributed by atoms with Gasteiger partial charge in [0.15, 0.2) is 11.4 Å². The Bertz CT molecular complexity index is 1710. The Morgan fingerprint density at radius 1 is 1.07 bits per heavy atom. The number of carbonyl (C=O) groups is 3. The molecule has 3 amide bonds. The van der Waals surface area contributed by atoms with Crippen molar-refractivity contribution in [2.45, 2.75) is 20.0 Å². The van der Waals surface area contributed by atoms with Crippen molar-refractivity contribution in [2.24, 2.45) is 0 Å². The van der Waals surface area contributed by atoms with Gasteiger partial charge in [0.1, 0.15) is 11.8 Å². The molecule has 0 aliphatic heterocycles. The van der Waals surface area contributed by atoms with Gasteiger partial charge in [-0.3, -0.25) is 18.8 Å². The number of carbonyl (C=O) groups excluding carboxylic acids is 3. The van der Waals surface area contributed by atoms with E-state index in [-0.39, 0.29) is 42.9 Å². The van der Waals surface area contributed by atoms with E-state index < -0.39 is 11.8 Å². The molecule has 0 radical (unpaired) electrons. The van der Waals surface area contributed by atoms with E-state index >= 15 is 0 Å². The number of ether oxygens (including phenoxy) is 2. The molecule has 0 aliphatic carbocycles. The van der Waals surface area contributed by atoms with Crippen molar-refractivity contribution < 1.29 is 23.9 Å². The Hall–Kier alpha value is -3.80. The van der Waals surface area contributed by atoms with Crippen LogP contribution < -0.4 is 20.3 Å². The predicted molar refractivity (Wildman–Crippen MR) is 180 cm³/mol. The molecule has 0 spiro atoms. The van der Waals surface area contributed by atoms with E-state index in [0.717, 1.165) is 5.56 Å². The zero-order valence-electron chi connectivity index (χ0n) is 24.6. The molecule has 4 aromatic rings. The molecule has 45 heavy (non-hydrogen) atoms. The highest BCUT2D eigenvalue weighted by molar-refractivity contribution is 6.38. The molecule has 0 atom stereocenters. The zero-order chi connectivity index (χ0) is 31.8. The number of anilines is 2. The maximum atomic E-state index is 12.9. The van der Waals surface area contributed by atoms with E-state index in [1.807, 2.05) is 0 Å². The number of amides is 3. The first kappa shape index (κ1) is 35.7. The summed E-state index contributed by atoms with van der Waals surface area (Å²) >= 11 is 19.4. The summed E-state index contributed by atoms with van der Waals surface area (Å²) in [5.41, 5.74) is 3.47. The van der Waals surface area contributed by atoms with Crippen LogP contribution in [0.2, 0.25) is 15.2 Å². The van der Waals surface area contributed by atoms with Crippen LogP contribution in [0.5, 0.6) is 5.75 Å². The van der Waals surface area contributed by atoms with Crippen LogP contribution in [-0.2, 0) is 25.7 Å². The SMILES string of the molecule is COCCC(=O)Nc1ccc(C=CC(=O)NCC(=O)N(C)c2ccc(Cl)c(COc3cccn4c(Cl)c(C)nc34)c2Cl)cc1.Cl. The first-order valence-corrected chi connectivity index (χ1v) is 14.6. The number of rotatable bonds is 12.